The highest BCUT2D eigenvalue weighted by Crippen LogP contribution is 2.70. The average molecular weight is 414 g/mol. The van der Waals surface area contributed by atoms with Gasteiger partial charge >= 0.3 is 0 Å². The molecule has 1 heterocycles. The third kappa shape index (κ3) is 2.51. The van der Waals surface area contributed by atoms with Crippen molar-refractivity contribution in [3.63, 3.8) is 0 Å². The first-order chi connectivity index (χ1) is 14.6. The van der Waals surface area contributed by atoms with E-state index in [-0.39, 0.29) is 11.4 Å². The van der Waals surface area contributed by atoms with Crippen LogP contribution in [0, 0.1) is 35.0 Å². The minimum atomic E-state index is -1.08. The smallest absolute Gasteiger partial charge is 0.269 e. The second-order valence-corrected chi connectivity index (χ2v) is 8.98. The fourth-order valence-electron chi connectivity index (χ4n) is 5.14. The predicted octanol–water partition coefficient (Wildman–Crippen LogP) is 2.32. The van der Waals surface area contributed by atoms with Gasteiger partial charge in [-0.1, -0.05) is 38.5 Å². The number of hydrazine groups is 1. The molecule has 2 unspecified atom stereocenters. The Balaban J connectivity index is 1.72. The Labute approximate surface area is 180 Å². The summed E-state index contributed by atoms with van der Waals surface area (Å²) in [5.74, 6) is -0.825. The molecule has 1 saturated carbocycles. The van der Waals surface area contributed by atoms with E-state index in [1.807, 2.05) is 52.0 Å². The molecule has 2 aliphatic rings. The Bertz CT molecular complexity index is 1200. The lowest BCUT2D eigenvalue weighted by Crippen LogP contribution is -2.55. The quantitative estimate of drug-likeness (QED) is 0.725. The van der Waals surface area contributed by atoms with Gasteiger partial charge in [0, 0.05) is 11.0 Å². The monoisotopic (exact) mass is 414 g/mol. The lowest BCUT2D eigenvalue weighted by molar-refractivity contribution is -0.131. The van der Waals surface area contributed by atoms with E-state index in [1.54, 1.807) is 12.1 Å². The maximum atomic E-state index is 13.5. The normalized spacial score (nSPS) is 24.6. The van der Waals surface area contributed by atoms with Crippen LogP contribution in [0.1, 0.15) is 72.3 Å². The Kier molecular flexibility index (Phi) is 4.37. The first-order valence-electron chi connectivity index (χ1n) is 10.0. The number of amides is 2. The highest BCUT2D eigenvalue weighted by Gasteiger charge is 2.73. The van der Waals surface area contributed by atoms with Crippen molar-refractivity contribution < 1.29 is 9.59 Å². The van der Waals surface area contributed by atoms with Gasteiger partial charge in [-0.3, -0.25) is 20.4 Å². The molecule has 0 saturated heterocycles. The van der Waals surface area contributed by atoms with Gasteiger partial charge in [0.1, 0.15) is 17.6 Å². The maximum absolute atomic E-state index is 13.5. The number of carbonyl (C=O) groups is 2. The van der Waals surface area contributed by atoms with Crippen LogP contribution < -0.4 is 10.9 Å². The van der Waals surface area contributed by atoms with Gasteiger partial charge in [-0.25, -0.2) is 9.97 Å². The first-order valence-corrected chi connectivity index (χ1v) is 10.0. The number of hydrogen-bond acceptors (Lipinski definition) is 6. The van der Waals surface area contributed by atoms with Gasteiger partial charge in [-0.05, 0) is 37.3 Å². The van der Waals surface area contributed by atoms with Gasteiger partial charge in [0.2, 0.25) is 0 Å². The lowest BCUT2D eigenvalue weighted by atomic mass is 9.63. The van der Waals surface area contributed by atoms with Crippen LogP contribution in [0.25, 0.3) is 0 Å². The van der Waals surface area contributed by atoms with Crippen LogP contribution in [0.3, 0.4) is 0 Å². The van der Waals surface area contributed by atoms with Gasteiger partial charge < -0.3 is 0 Å². The molecule has 2 N–H and O–H groups in total. The van der Waals surface area contributed by atoms with Gasteiger partial charge in [0.15, 0.2) is 11.4 Å². The molecule has 2 amide bonds. The van der Waals surface area contributed by atoms with Crippen molar-refractivity contribution in [1.82, 2.24) is 20.8 Å². The minimum absolute atomic E-state index is 0.0333. The zero-order valence-electron chi connectivity index (χ0n) is 17.8. The molecule has 8 heteroatoms. The van der Waals surface area contributed by atoms with E-state index in [0.717, 1.165) is 5.56 Å². The number of fused-ring (bicyclic) bond motifs is 5. The van der Waals surface area contributed by atoms with E-state index in [0.29, 0.717) is 29.8 Å². The van der Waals surface area contributed by atoms with Crippen molar-refractivity contribution in [1.29, 1.82) is 10.5 Å². The summed E-state index contributed by atoms with van der Waals surface area (Å²) in [5, 5.41) is 18.8. The molecule has 31 heavy (non-hydrogen) atoms. The van der Waals surface area contributed by atoms with Crippen molar-refractivity contribution in [2.75, 3.05) is 0 Å². The number of benzene rings is 1. The summed E-state index contributed by atoms with van der Waals surface area (Å²) in [6, 6.07) is 10.9. The molecule has 8 nitrogen and oxygen atoms in total. The summed E-state index contributed by atoms with van der Waals surface area (Å²) in [5.41, 5.74) is 5.24. The molecule has 0 spiro atoms. The van der Waals surface area contributed by atoms with E-state index in [4.69, 9.17) is 0 Å². The summed E-state index contributed by atoms with van der Waals surface area (Å²) in [6.07, 6.45) is 1.18. The zero-order valence-corrected chi connectivity index (χ0v) is 17.8. The van der Waals surface area contributed by atoms with E-state index < -0.39 is 28.1 Å². The number of nitrogens with zero attached hydrogens (tertiary/aromatic N) is 4. The second-order valence-electron chi connectivity index (χ2n) is 8.98. The molecule has 2 atom stereocenters. The van der Waals surface area contributed by atoms with Crippen molar-refractivity contribution in [3.05, 3.63) is 58.2 Å². The molecule has 1 fully saturated rings. The molecule has 1 aromatic carbocycles. The van der Waals surface area contributed by atoms with Crippen molar-refractivity contribution in [2.24, 2.45) is 5.41 Å². The van der Waals surface area contributed by atoms with E-state index in [2.05, 4.69) is 20.8 Å². The van der Waals surface area contributed by atoms with Crippen LogP contribution in [-0.4, -0.2) is 21.8 Å². The minimum Gasteiger partial charge on any atom is -0.272 e. The van der Waals surface area contributed by atoms with Crippen molar-refractivity contribution in [3.8, 4) is 12.1 Å². The third-order valence-electron chi connectivity index (χ3n) is 7.47. The standard InChI is InChI=1S/C23H22N6O2/c1-13-5-7-14(8-6-13)19(30)28-29-20(31)23-10-9-22(4,21(23,2)3)17-18(23)27-16(12-25)15(11-24)26-17/h5-8H,9-10H2,1-4H3,(H,28,30)(H,29,31). The molecule has 1 aromatic heterocycles. The number of hydrogen-bond donors (Lipinski definition) is 2. The van der Waals surface area contributed by atoms with Gasteiger partial charge in [0.25, 0.3) is 11.8 Å². The Morgan fingerprint density at radius 2 is 1.52 bits per heavy atom. The number of nitriles is 2. The van der Waals surface area contributed by atoms with Crippen molar-refractivity contribution >= 4 is 11.8 Å². The summed E-state index contributed by atoms with van der Waals surface area (Å²) in [6.45, 7) is 7.89. The number of rotatable bonds is 2. The number of nitrogens with one attached hydrogen (secondary N) is 2. The van der Waals surface area contributed by atoms with Crippen LogP contribution in [0.15, 0.2) is 24.3 Å². The van der Waals surface area contributed by atoms with Crippen LogP contribution in [0.2, 0.25) is 0 Å². The van der Waals surface area contributed by atoms with Crippen LogP contribution in [-0.2, 0) is 15.6 Å². The van der Waals surface area contributed by atoms with E-state index in [1.165, 1.54) is 0 Å². The van der Waals surface area contributed by atoms with Crippen LogP contribution in [0.4, 0.5) is 0 Å². The van der Waals surface area contributed by atoms with Crippen molar-refractivity contribution in [2.45, 2.75) is 51.4 Å². The largest absolute Gasteiger partial charge is 0.272 e. The van der Waals surface area contributed by atoms with Gasteiger partial charge in [0.05, 0.1) is 11.4 Å². The number of aryl methyl sites for hydroxylation is 1. The molecule has 2 aliphatic carbocycles. The lowest BCUT2D eigenvalue weighted by Gasteiger charge is -2.39. The SMILES string of the molecule is Cc1ccc(C(=O)NNC(=O)C23CCC(C)(c4nc(C#N)c(C#N)nc42)C3(C)C)cc1. The number of carbonyl (C=O) groups excluding carboxylic acids is 2. The molecular weight excluding hydrogens is 392 g/mol. The summed E-state index contributed by atoms with van der Waals surface area (Å²) in [7, 11) is 0. The molecule has 0 radical (unpaired) electrons. The highest BCUT2D eigenvalue weighted by atomic mass is 16.2. The molecule has 2 bridgehead atoms. The predicted molar refractivity (Wildman–Crippen MR) is 110 cm³/mol. The summed E-state index contributed by atoms with van der Waals surface area (Å²) in [4.78, 5) is 34.9. The third-order valence-corrected chi connectivity index (χ3v) is 7.47. The average Bonchev–Trinajstić information content (AvgIpc) is 3.06. The zero-order chi connectivity index (χ0) is 22.6. The fraction of sp³-hybridized carbons (Fsp3) is 0.391. The molecule has 156 valence electrons. The topological polar surface area (TPSA) is 132 Å². The molecular formula is C23H22N6O2. The van der Waals surface area contributed by atoms with Crippen LogP contribution >= 0.6 is 0 Å². The van der Waals surface area contributed by atoms with Gasteiger partial charge in [-0.15, -0.1) is 0 Å². The molecule has 0 aliphatic heterocycles. The summed E-state index contributed by atoms with van der Waals surface area (Å²) >= 11 is 0. The maximum Gasteiger partial charge on any atom is 0.269 e. The van der Waals surface area contributed by atoms with E-state index in [9.17, 15) is 20.1 Å². The van der Waals surface area contributed by atoms with Crippen LogP contribution in [0.5, 0.6) is 0 Å². The molecule has 4 rings (SSSR count). The van der Waals surface area contributed by atoms with E-state index >= 15 is 0 Å². The Morgan fingerprint density at radius 3 is 2.10 bits per heavy atom. The Hall–Kier alpha value is -3.78. The number of aromatic nitrogens is 2. The van der Waals surface area contributed by atoms with Gasteiger partial charge in [-0.2, -0.15) is 10.5 Å². The fourth-order valence-corrected chi connectivity index (χ4v) is 5.14. The Morgan fingerprint density at radius 1 is 0.935 bits per heavy atom. The summed E-state index contributed by atoms with van der Waals surface area (Å²) < 4.78 is 0. The second kappa shape index (κ2) is 6.61. The highest BCUT2D eigenvalue weighted by molar-refractivity contribution is 5.98. The molecule has 2 aromatic rings. The first kappa shape index (κ1) is 20.5.